The van der Waals surface area contributed by atoms with Gasteiger partial charge in [0.05, 0.1) is 6.42 Å². The van der Waals surface area contributed by atoms with Crippen LogP contribution in [0.15, 0.2) is 30.5 Å². The van der Waals surface area contributed by atoms with Gasteiger partial charge in [-0.2, -0.15) is 0 Å². The first-order chi connectivity index (χ1) is 12.6. The van der Waals surface area contributed by atoms with Crippen molar-refractivity contribution >= 4 is 22.7 Å². The van der Waals surface area contributed by atoms with Crippen LogP contribution in [0.1, 0.15) is 38.2 Å². The molecule has 1 fully saturated rings. The molecule has 0 N–H and O–H groups in total. The average molecular weight is 355 g/mol. The molecule has 0 spiro atoms. The Hall–Kier alpha value is -2.30. The molecule has 0 aliphatic carbocycles. The molecule has 1 saturated heterocycles. The molecular formula is C21H29N3O2. The fourth-order valence-corrected chi connectivity index (χ4v) is 3.74. The summed E-state index contributed by atoms with van der Waals surface area (Å²) < 4.78 is 2.08. The zero-order valence-corrected chi connectivity index (χ0v) is 15.9. The minimum Gasteiger partial charge on any atom is -0.350 e. The van der Waals surface area contributed by atoms with Crippen molar-refractivity contribution in [3.8, 4) is 0 Å². The van der Waals surface area contributed by atoms with E-state index in [0.29, 0.717) is 25.9 Å². The smallest absolute Gasteiger partial charge is 0.227 e. The summed E-state index contributed by atoms with van der Waals surface area (Å²) in [6.45, 7) is 4.90. The molecule has 0 saturated carbocycles. The van der Waals surface area contributed by atoms with Gasteiger partial charge in [-0.25, -0.2) is 0 Å². The van der Waals surface area contributed by atoms with Crippen molar-refractivity contribution in [2.24, 2.45) is 7.05 Å². The van der Waals surface area contributed by atoms with Crippen LogP contribution in [-0.2, 0) is 23.1 Å². The Balaban J connectivity index is 1.62. The predicted molar refractivity (Wildman–Crippen MR) is 104 cm³/mol. The van der Waals surface area contributed by atoms with Crippen molar-refractivity contribution in [1.82, 2.24) is 14.4 Å². The monoisotopic (exact) mass is 355 g/mol. The summed E-state index contributed by atoms with van der Waals surface area (Å²) in [6.07, 6.45) is 5.94. The van der Waals surface area contributed by atoms with Gasteiger partial charge in [0.15, 0.2) is 0 Å². The van der Waals surface area contributed by atoms with Crippen molar-refractivity contribution in [2.75, 3.05) is 26.2 Å². The fraction of sp³-hybridized carbons (Fsp3) is 0.524. The Morgan fingerprint density at radius 2 is 1.69 bits per heavy atom. The highest BCUT2D eigenvalue weighted by Gasteiger charge is 2.22. The molecule has 3 rings (SSSR count). The number of hydrogen-bond donors (Lipinski definition) is 0. The lowest BCUT2D eigenvalue weighted by Crippen LogP contribution is -2.37. The Bertz CT molecular complexity index is 781. The van der Waals surface area contributed by atoms with Crippen LogP contribution in [-0.4, -0.2) is 52.4 Å². The standard InChI is InChI=1S/C21H29N3O2/c1-3-4-10-20(25)23-11-7-12-24(14-13-23)21(26)15-17-16-22(2)19-9-6-5-8-18(17)19/h5-6,8-9,16H,3-4,7,10-15H2,1-2H3. The van der Waals surface area contributed by atoms with E-state index in [1.807, 2.05) is 29.0 Å². The number of aryl methyl sites for hydroxylation is 1. The number of carbonyl (C=O) groups excluding carboxylic acids is 2. The minimum absolute atomic E-state index is 0.157. The Morgan fingerprint density at radius 1 is 1.00 bits per heavy atom. The fourth-order valence-electron chi connectivity index (χ4n) is 3.74. The summed E-state index contributed by atoms with van der Waals surface area (Å²) in [6, 6.07) is 8.19. The maximum atomic E-state index is 12.8. The van der Waals surface area contributed by atoms with E-state index >= 15 is 0 Å². The molecular weight excluding hydrogens is 326 g/mol. The van der Waals surface area contributed by atoms with Crippen LogP contribution in [0.25, 0.3) is 10.9 Å². The molecule has 140 valence electrons. The van der Waals surface area contributed by atoms with Gasteiger partial charge in [-0.3, -0.25) is 9.59 Å². The summed E-state index contributed by atoms with van der Waals surface area (Å²) in [7, 11) is 2.02. The van der Waals surface area contributed by atoms with Gasteiger partial charge < -0.3 is 14.4 Å². The molecule has 1 aromatic carbocycles. The first-order valence-electron chi connectivity index (χ1n) is 9.68. The second kappa shape index (κ2) is 8.39. The molecule has 2 amide bonds. The van der Waals surface area contributed by atoms with Crippen LogP contribution in [0.2, 0.25) is 0 Å². The lowest BCUT2D eigenvalue weighted by atomic mass is 10.1. The third kappa shape index (κ3) is 4.09. The Morgan fingerprint density at radius 3 is 2.42 bits per heavy atom. The molecule has 0 bridgehead atoms. The van der Waals surface area contributed by atoms with Gasteiger partial charge in [0, 0.05) is 56.7 Å². The van der Waals surface area contributed by atoms with Crippen LogP contribution in [0.5, 0.6) is 0 Å². The number of hydrogen-bond acceptors (Lipinski definition) is 2. The van der Waals surface area contributed by atoms with Crippen LogP contribution in [0, 0.1) is 0 Å². The molecule has 5 nitrogen and oxygen atoms in total. The Labute approximate surface area is 155 Å². The normalized spacial score (nSPS) is 15.3. The van der Waals surface area contributed by atoms with Gasteiger partial charge in [0.2, 0.25) is 11.8 Å². The number of amides is 2. The summed E-state index contributed by atoms with van der Waals surface area (Å²) >= 11 is 0. The second-order valence-corrected chi connectivity index (χ2v) is 7.18. The lowest BCUT2D eigenvalue weighted by molar-refractivity contribution is -0.133. The number of aromatic nitrogens is 1. The van der Waals surface area contributed by atoms with Gasteiger partial charge in [-0.15, -0.1) is 0 Å². The number of fused-ring (bicyclic) bond motifs is 1. The molecule has 0 unspecified atom stereocenters. The van der Waals surface area contributed by atoms with Gasteiger partial charge >= 0.3 is 0 Å². The van der Waals surface area contributed by atoms with E-state index in [1.165, 1.54) is 0 Å². The van der Waals surface area contributed by atoms with E-state index in [2.05, 4.69) is 29.8 Å². The first-order valence-corrected chi connectivity index (χ1v) is 9.68. The molecule has 1 aromatic heterocycles. The summed E-state index contributed by atoms with van der Waals surface area (Å²) in [4.78, 5) is 28.9. The molecule has 2 aromatic rings. The van der Waals surface area contributed by atoms with E-state index in [1.54, 1.807) is 0 Å². The van der Waals surface area contributed by atoms with E-state index in [-0.39, 0.29) is 11.8 Å². The Kier molecular flexibility index (Phi) is 5.96. The highest BCUT2D eigenvalue weighted by Crippen LogP contribution is 2.21. The number of carbonyl (C=O) groups is 2. The average Bonchev–Trinajstić information content (AvgIpc) is 2.83. The third-order valence-corrected chi connectivity index (χ3v) is 5.27. The maximum Gasteiger partial charge on any atom is 0.227 e. The maximum absolute atomic E-state index is 12.8. The quantitative estimate of drug-likeness (QED) is 0.828. The summed E-state index contributed by atoms with van der Waals surface area (Å²) in [5.74, 6) is 0.388. The van der Waals surface area contributed by atoms with Crippen molar-refractivity contribution in [3.63, 3.8) is 0 Å². The third-order valence-electron chi connectivity index (χ3n) is 5.27. The molecule has 0 atom stereocenters. The van der Waals surface area contributed by atoms with E-state index in [9.17, 15) is 9.59 Å². The van der Waals surface area contributed by atoms with E-state index < -0.39 is 0 Å². The van der Waals surface area contributed by atoms with Crippen LogP contribution in [0.3, 0.4) is 0 Å². The second-order valence-electron chi connectivity index (χ2n) is 7.18. The van der Waals surface area contributed by atoms with Crippen molar-refractivity contribution in [3.05, 3.63) is 36.0 Å². The van der Waals surface area contributed by atoms with Crippen molar-refractivity contribution in [1.29, 1.82) is 0 Å². The van der Waals surface area contributed by atoms with Gasteiger partial charge in [0.1, 0.15) is 0 Å². The van der Waals surface area contributed by atoms with Gasteiger partial charge in [0.25, 0.3) is 0 Å². The SMILES string of the molecule is CCCCC(=O)N1CCCN(C(=O)Cc2cn(C)c3ccccc23)CC1. The molecule has 1 aliphatic rings. The summed E-state index contributed by atoms with van der Waals surface area (Å²) in [5, 5.41) is 1.15. The molecule has 26 heavy (non-hydrogen) atoms. The van der Waals surface area contributed by atoms with E-state index in [4.69, 9.17) is 0 Å². The number of rotatable bonds is 5. The highest BCUT2D eigenvalue weighted by atomic mass is 16.2. The summed E-state index contributed by atoms with van der Waals surface area (Å²) in [5.41, 5.74) is 2.23. The van der Waals surface area contributed by atoms with Crippen LogP contribution >= 0.6 is 0 Å². The number of unbranched alkanes of at least 4 members (excludes halogenated alkanes) is 1. The van der Waals surface area contributed by atoms with E-state index in [0.717, 1.165) is 48.8 Å². The number of nitrogens with zero attached hydrogens (tertiary/aromatic N) is 3. The molecule has 1 aliphatic heterocycles. The number of benzene rings is 1. The highest BCUT2D eigenvalue weighted by molar-refractivity contribution is 5.89. The zero-order chi connectivity index (χ0) is 18.5. The minimum atomic E-state index is 0.157. The van der Waals surface area contributed by atoms with Crippen molar-refractivity contribution < 1.29 is 9.59 Å². The van der Waals surface area contributed by atoms with Crippen LogP contribution in [0.4, 0.5) is 0 Å². The first kappa shape index (κ1) is 18.5. The number of para-hydroxylation sites is 1. The largest absolute Gasteiger partial charge is 0.350 e. The van der Waals surface area contributed by atoms with Gasteiger partial charge in [-0.05, 0) is 24.5 Å². The zero-order valence-electron chi connectivity index (χ0n) is 15.9. The lowest BCUT2D eigenvalue weighted by Gasteiger charge is -2.22. The molecule has 5 heteroatoms. The van der Waals surface area contributed by atoms with Crippen LogP contribution < -0.4 is 0 Å². The predicted octanol–water partition coefficient (Wildman–Crippen LogP) is 2.97. The molecule has 2 heterocycles. The van der Waals surface area contributed by atoms with Crippen molar-refractivity contribution in [2.45, 2.75) is 39.0 Å². The topological polar surface area (TPSA) is 45.6 Å². The molecule has 0 radical (unpaired) electrons. The van der Waals surface area contributed by atoms with Gasteiger partial charge in [-0.1, -0.05) is 31.5 Å².